The number of phenolic OH excluding ortho intramolecular Hbond substituents is 1. The lowest BCUT2D eigenvalue weighted by Crippen LogP contribution is -2.26. The fourth-order valence-electron chi connectivity index (χ4n) is 2.22. The van der Waals surface area contributed by atoms with Crippen LogP contribution in [0.3, 0.4) is 0 Å². The van der Waals surface area contributed by atoms with Gasteiger partial charge in [0.15, 0.2) is 0 Å². The van der Waals surface area contributed by atoms with Gasteiger partial charge < -0.3 is 14.7 Å². The van der Waals surface area contributed by atoms with Crippen LogP contribution >= 0.6 is 0 Å². The van der Waals surface area contributed by atoms with E-state index in [4.69, 9.17) is 4.74 Å². The maximum atomic E-state index is 12.5. The Labute approximate surface area is 136 Å². The van der Waals surface area contributed by atoms with Crippen LogP contribution in [0.15, 0.2) is 55.1 Å². The predicted molar refractivity (Wildman–Crippen MR) is 90.8 cm³/mol. The number of nitrogens with zero attached hydrogens (tertiary/aromatic N) is 1. The summed E-state index contributed by atoms with van der Waals surface area (Å²) in [5.41, 5.74) is 2.24. The highest BCUT2D eigenvalue weighted by atomic mass is 16.5. The molecule has 0 bridgehead atoms. The molecule has 0 fully saturated rings. The standard InChI is InChI=1S/C19H21NO3/c1-4-11-23-16-8-6-15(7-9-16)13-20(3)19(22)17-12-14(2)5-10-18(17)21/h4-10,12,21H,1,11,13H2,2-3H3. The average molecular weight is 311 g/mol. The van der Waals surface area contributed by atoms with Gasteiger partial charge in [0.05, 0.1) is 5.56 Å². The first-order chi connectivity index (χ1) is 11.0. The van der Waals surface area contributed by atoms with E-state index in [1.165, 1.54) is 0 Å². The second-order valence-corrected chi connectivity index (χ2v) is 5.43. The van der Waals surface area contributed by atoms with Crippen LogP contribution in [-0.2, 0) is 6.54 Å². The summed E-state index contributed by atoms with van der Waals surface area (Å²) in [5, 5.41) is 9.87. The maximum Gasteiger partial charge on any atom is 0.257 e. The summed E-state index contributed by atoms with van der Waals surface area (Å²) in [6.07, 6.45) is 1.69. The number of carbonyl (C=O) groups excluding carboxylic acids is 1. The third kappa shape index (κ3) is 4.36. The minimum Gasteiger partial charge on any atom is -0.507 e. The summed E-state index contributed by atoms with van der Waals surface area (Å²) in [7, 11) is 1.71. The number of hydrogen-bond acceptors (Lipinski definition) is 3. The van der Waals surface area contributed by atoms with E-state index >= 15 is 0 Å². The Bertz CT molecular complexity index is 692. The van der Waals surface area contributed by atoms with Crippen LogP contribution in [0.5, 0.6) is 11.5 Å². The smallest absolute Gasteiger partial charge is 0.257 e. The summed E-state index contributed by atoms with van der Waals surface area (Å²) in [5.74, 6) is 0.553. The Morgan fingerprint density at radius 3 is 2.61 bits per heavy atom. The van der Waals surface area contributed by atoms with Crippen molar-refractivity contribution in [2.24, 2.45) is 0 Å². The fraction of sp³-hybridized carbons (Fsp3) is 0.211. The van der Waals surface area contributed by atoms with Crippen molar-refractivity contribution in [1.82, 2.24) is 4.90 Å². The van der Waals surface area contributed by atoms with Gasteiger partial charge in [0, 0.05) is 13.6 Å². The van der Waals surface area contributed by atoms with Gasteiger partial charge in [-0.05, 0) is 36.8 Å². The van der Waals surface area contributed by atoms with E-state index in [-0.39, 0.29) is 11.7 Å². The third-order valence-corrected chi connectivity index (χ3v) is 3.44. The topological polar surface area (TPSA) is 49.8 Å². The van der Waals surface area contributed by atoms with Gasteiger partial charge in [0.2, 0.25) is 0 Å². The molecule has 0 aliphatic heterocycles. The molecular weight excluding hydrogens is 290 g/mol. The summed E-state index contributed by atoms with van der Waals surface area (Å²) in [6.45, 7) is 6.41. The van der Waals surface area contributed by atoms with E-state index in [9.17, 15) is 9.90 Å². The molecule has 2 rings (SSSR count). The van der Waals surface area contributed by atoms with E-state index in [2.05, 4.69) is 6.58 Å². The number of hydrogen-bond donors (Lipinski definition) is 1. The number of carbonyl (C=O) groups is 1. The normalized spacial score (nSPS) is 10.2. The maximum absolute atomic E-state index is 12.5. The zero-order valence-electron chi connectivity index (χ0n) is 13.5. The molecule has 0 aromatic heterocycles. The number of rotatable bonds is 6. The number of benzene rings is 2. The van der Waals surface area contributed by atoms with Gasteiger partial charge in [-0.25, -0.2) is 0 Å². The van der Waals surface area contributed by atoms with Gasteiger partial charge in [-0.1, -0.05) is 36.4 Å². The second kappa shape index (κ2) is 7.49. The van der Waals surface area contributed by atoms with Gasteiger partial charge in [0.25, 0.3) is 5.91 Å². The van der Waals surface area contributed by atoms with E-state index in [0.717, 1.165) is 16.9 Å². The minimum atomic E-state index is -0.210. The molecule has 4 nitrogen and oxygen atoms in total. The van der Waals surface area contributed by atoms with Gasteiger partial charge in [-0.3, -0.25) is 4.79 Å². The summed E-state index contributed by atoms with van der Waals surface area (Å²) >= 11 is 0. The minimum absolute atomic E-state index is 0.000577. The van der Waals surface area contributed by atoms with Crippen molar-refractivity contribution in [3.8, 4) is 11.5 Å². The quantitative estimate of drug-likeness (QED) is 0.830. The van der Waals surface area contributed by atoms with Crippen LogP contribution in [0.25, 0.3) is 0 Å². The molecule has 23 heavy (non-hydrogen) atoms. The summed E-state index contributed by atoms with van der Waals surface area (Å²) < 4.78 is 5.43. The Kier molecular flexibility index (Phi) is 5.41. The lowest BCUT2D eigenvalue weighted by Gasteiger charge is -2.18. The molecule has 0 radical (unpaired) electrons. The van der Waals surface area contributed by atoms with Crippen molar-refractivity contribution in [2.45, 2.75) is 13.5 Å². The van der Waals surface area contributed by atoms with Crippen LogP contribution in [0, 0.1) is 6.92 Å². The number of ether oxygens (including phenoxy) is 1. The van der Waals surface area contributed by atoms with Crippen LogP contribution in [0.4, 0.5) is 0 Å². The molecule has 0 heterocycles. The van der Waals surface area contributed by atoms with Gasteiger partial charge in [0.1, 0.15) is 18.1 Å². The van der Waals surface area contributed by atoms with Crippen molar-refractivity contribution in [3.63, 3.8) is 0 Å². The van der Waals surface area contributed by atoms with Crippen LogP contribution < -0.4 is 4.74 Å². The molecule has 0 aliphatic carbocycles. The first-order valence-corrected chi connectivity index (χ1v) is 7.39. The van der Waals surface area contributed by atoms with Crippen molar-refractivity contribution in [2.75, 3.05) is 13.7 Å². The fourth-order valence-corrected chi connectivity index (χ4v) is 2.22. The molecular formula is C19H21NO3. The SMILES string of the molecule is C=CCOc1ccc(CN(C)C(=O)c2cc(C)ccc2O)cc1. The first kappa shape index (κ1) is 16.6. The van der Waals surface area contributed by atoms with Crippen molar-refractivity contribution in [1.29, 1.82) is 0 Å². The van der Waals surface area contributed by atoms with Gasteiger partial charge in [-0.2, -0.15) is 0 Å². The molecule has 0 spiro atoms. The van der Waals surface area contributed by atoms with Crippen LogP contribution in [0.1, 0.15) is 21.5 Å². The van der Waals surface area contributed by atoms with E-state index in [1.807, 2.05) is 31.2 Å². The molecule has 0 aliphatic rings. The van der Waals surface area contributed by atoms with E-state index in [0.29, 0.717) is 18.7 Å². The van der Waals surface area contributed by atoms with E-state index in [1.54, 1.807) is 36.2 Å². The molecule has 2 aromatic carbocycles. The number of amides is 1. The summed E-state index contributed by atoms with van der Waals surface area (Å²) in [4.78, 5) is 14.0. The lowest BCUT2D eigenvalue weighted by atomic mass is 10.1. The zero-order chi connectivity index (χ0) is 16.8. The zero-order valence-corrected chi connectivity index (χ0v) is 13.5. The average Bonchev–Trinajstić information content (AvgIpc) is 2.55. The molecule has 2 aromatic rings. The van der Waals surface area contributed by atoms with Crippen LogP contribution in [0.2, 0.25) is 0 Å². The Balaban J connectivity index is 2.06. The van der Waals surface area contributed by atoms with Crippen LogP contribution in [-0.4, -0.2) is 29.6 Å². The van der Waals surface area contributed by atoms with Gasteiger partial charge >= 0.3 is 0 Å². The Morgan fingerprint density at radius 2 is 1.96 bits per heavy atom. The monoisotopic (exact) mass is 311 g/mol. The number of phenols is 1. The first-order valence-electron chi connectivity index (χ1n) is 7.39. The van der Waals surface area contributed by atoms with Crippen molar-refractivity contribution < 1.29 is 14.6 Å². The molecule has 0 unspecified atom stereocenters. The molecule has 1 N–H and O–H groups in total. The molecule has 0 saturated heterocycles. The molecule has 120 valence electrons. The molecule has 0 saturated carbocycles. The van der Waals surface area contributed by atoms with E-state index < -0.39 is 0 Å². The van der Waals surface area contributed by atoms with Crippen molar-refractivity contribution >= 4 is 5.91 Å². The highest BCUT2D eigenvalue weighted by molar-refractivity contribution is 5.96. The highest BCUT2D eigenvalue weighted by Gasteiger charge is 2.16. The largest absolute Gasteiger partial charge is 0.507 e. The lowest BCUT2D eigenvalue weighted by molar-refractivity contribution is 0.0782. The highest BCUT2D eigenvalue weighted by Crippen LogP contribution is 2.21. The number of aromatic hydroxyl groups is 1. The second-order valence-electron chi connectivity index (χ2n) is 5.43. The predicted octanol–water partition coefficient (Wildman–Crippen LogP) is 3.54. The number of aryl methyl sites for hydroxylation is 1. The Hall–Kier alpha value is -2.75. The van der Waals surface area contributed by atoms with Crippen molar-refractivity contribution in [3.05, 3.63) is 71.8 Å². The Morgan fingerprint density at radius 1 is 1.26 bits per heavy atom. The summed E-state index contributed by atoms with van der Waals surface area (Å²) in [6, 6.07) is 12.6. The molecule has 0 atom stereocenters. The third-order valence-electron chi connectivity index (χ3n) is 3.44. The molecule has 4 heteroatoms. The molecule has 1 amide bonds. The van der Waals surface area contributed by atoms with Gasteiger partial charge in [-0.15, -0.1) is 0 Å².